The first-order valence-electron chi connectivity index (χ1n) is 9.20. The molecule has 1 N–H and O–H groups in total. The van der Waals surface area contributed by atoms with E-state index < -0.39 is 5.60 Å². The molecule has 0 atom stereocenters. The van der Waals surface area contributed by atoms with Crippen molar-refractivity contribution in [3.63, 3.8) is 0 Å². The van der Waals surface area contributed by atoms with Crippen LogP contribution in [-0.2, 0) is 18.3 Å². The maximum atomic E-state index is 12.2. The summed E-state index contributed by atoms with van der Waals surface area (Å²) in [7, 11) is 1.90. The fourth-order valence-electron chi connectivity index (χ4n) is 2.91. The van der Waals surface area contributed by atoms with Crippen LogP contribution < -0.4 is 10.2 Å². The highest BCUT2D eigenvalue weighted by molar-refractivity contribution is 5.68. The molecule has 1 fully saturated rings. The largest absolute Gasteiger partial charge is 0.444 e. The van der Waals surface area contributed by atoms with Crippen LogP contribution in [0.3, 0.4) is 0 Å². The number of rotatable bonds is 4. The van der Waals surface area contributed by atoms with E-state index in [2.05, 4.69) is 26.4 Å². The molecule has 3 heterocycles. The lowest BCUT2D eigenvalue weighted by Crippen LogP contribution is -2.50. The van der Waals surface area contributed by atoms with Gasteiger partial charge in [-0.1, -0.05) is 0 Å². The van der Waals surface area contributed by atoms with Gasteiger partial charge < -0.3 is 19.9 Å². The first kappa shape index (κ1) is 19.0. The monoisotopic (exact) mass is 372 g/mol. The van der Waals surface area contributed by atoms with Crippen molar-refractivity contribution in [2.45, 2.75) is 32.9 Å². The average Bonchev–Trinajstić information content (AvgIpc) is 3.04. The Morgan fingerprint density at radius 2 is 1.93 bits per heavy atom. The lowest BCUT2D eigenvalue weighted by Gasteiger charge is -2.36. The van der Waals surface area contributed by atoms with Crippen LogP contribution in [0.1, 0.15) is 26.3 Å². The summed E-state index contributed by atoms with van der Waals surface area (Å²) in [5.74, 6) is 0.829. The minimum atomic E-state index is -0.462. The van der Waals surface area contributed by atoms with Crippen molar-refractivity contribution in [1.82, 2.24) is 19.7 Å². The normalized spacial score (nSPS) is 15.0. The highest BCUT2D eigenvalue weighted by Crippen LogP contribution is 2.19. The van der Waals surface area contributed by atoms with Gasteiger partial charge in [0.25, 0.3) is 0 Å². The Morgan fingerprint density at radius 3 is 2.48 bits per heavy atom. The van der Waals surface area contributed by atoms with E-state index in [9.17, 15) is 4.79 Å². The maximum Gasteiger partial charge on any atom is 0.410 e. The molecule has 2 aromatic rings. The number of aromatic nitrogens is 3. The molecule has 0 radical (unpaired) electrons. The zero-order valence-electron chi connectivity index (χ0n) is 16.5. The zero-order chi connectivity index (χ0) is 19.4. The van der Waals surface area contributed by atoms with Gasteiger partial charge in [0.15, 0.2) is 0 Å². The Labute approximate surface area is 160 Å². The van der Waals surface area contributed by atoms with Crippen LogP contribution in [0.4, 0.5) is 16.3 Å². The van der Waals surface area contributed by atoms with E-state index in [1.165, 1.54) is 0 Å². The van der Waals surface area contributed by atoms with E-state index in [0.717, 1.165) is 30.2 Å². The van der Waals surface area contributed by atoms with Crippen LogP contribution in [0, 0.1) is 0 Å². The summed E-state index contributed by atoms with van der Waals surface area (Å²) < 4.78 is 7.22. The van der Waals surface area contributed by atoms with Crippen LogP contribution in [0.15, 0.2) is 30.7 Å². The lowest BCUT2D eigenvalue weighted by molar-refractivity contribution is 0.0240. The number of aryl methyl sites for hydroxylation is 1. The number of hydrogen-bond acceptors (Lipinski definition) is 6. The van der Waals surface area contributed by atoms with Crippen LogP contribution in [0.2, 0.25) is 0 Å². The van der Waals surface area contributed by atoms with E-state index in [4.69, 9.17) is 4.74 Å². The predicted octanol–water partition coefficient (Wildman–Crippen LogP) is 2.48. The van der Waals surface area contributed by atoms with Crippen LogP contribution in [-0.4, -0.2) is 57.5 Å². The van der Waals surface area contributed by atoms with Gasteiger partial charge in [-0.15, -0.1) is 0 Å². The molecule has 0 aliphatic carbocycles. The van der Waals surface area contributed by atoms with Crippen LogP contribution in [0.5, 0.6) is 0 Å². The molecule has 8 nitrogen and oxygen atoms in total. The molecule has 2 aromatic heterocycles. The number of nitrogens with one attached hydrogen (secondary N) is 1. The quantitative estimate of drug-likeness (QED) is 0.889. The molecular weight excluding hydrogens is 344 g/mol. The molecule has 1 aliphatic heterocycles. The number of piperazine rings is 1. The molecule has 1 saturated heterocycles. The fourth-order valence-corrected chi connectivity index (χ4v) is 2.91. The smallest absolute Gasteiger partial charge is 0.410 e. The Morgan fingerprint density at radius 1 is 1.19 bits per heavy atom. The molecule has 3 rings (SSSR count). The van der Waals surface area contributed by atoms with E-state index in [1.54, 1.807) is 9.58 Å². The number of pyridine rings is 1. The summed E-state index contributed by atoms with van der Waals surface area (Å²) in [5.41, 5.74) is 1.71. The second-order valence-electron chi connectivity index (χ2n) is 7.73. The van der Waals surface area contributed by atoms with Gasteiger partial charge in [-0.25, -0.2) is 9.78 Å². The molecule has 0 spiro atoms. The highest BCUT2D eigenvalue weighted by atomic mass is 16.6. The SMILES string of the molecule is Cn1cc(CNc2ccc(N3CCN(C(=O)OC(C)(C)C)CC3)cn2)cn1. The number of carbonyl (C=O) groups is 1. The summed E-state index contributed by atoms with van der Waals surface area (Å²) in [6, 6.07) is 4.04. The van der Waals surface area contributed by atoms with E-state index in [-0.39, 0.29) is 6.09 Å². The molecule has 0 aromatic carbocycles. The minimum absolute atomic E-state index is 0.241. The molecule has 0 bridgehead atoms. The van der Waals surface area contributed by atoms with E-state index in [0.29, 0.717) is 19.6 Å². The van der Waals surface area contributed by atoms with Crippen molar-refractivity contribution < 1.29 is 9.53 Å². The second-order valence-corrected chi connectivity index (χ2v) is 7.73. The number of hydrogen-bond donors (Lipinski definition) is 1. The number of nitrogens with zero attached hydrogens (tertiary/aromatic N) is 5. The third-order valence-electron chi connectivity index (χ3n) is 4.28. The zero-order valence-corrected chi connectivity index (χ0v) is 16.5. The molecule has 8 heteroatoms. The van der Waals surface area contributed by atoms with Crippen molar-refractivity contribution in [3.05, 3.63) is 36.3 Å². The molecule has 146 valence electrons. The van der Waals surface area contributed by atoms with Gasteiger partial charge in [0.2, 0.25) is 0 Å². The Bertz CT molecular complexity index is 757. The number of anilines is 2. The Kier molecular flexibility index (Phi) is 5.53. The maximum absolute atomic E-state index is 12.2. The summed E-state index contributed by atoms with van der Waals surface area (Å²) in [4.78, 5) is 20.6. The molecule has 0 saturated carbocycles. The third-order valence-corrected chi connectivity index (χ3v) is 4.28. The fraction of sp³-hybridized carbons (Fsp3) is 0.526. The van der Waals surface area contributed by atoms with Crippen LogP contribution in [0.25, 0.3) is 0 Å². The molecular formula is C19H28N6O2. The van der Waals surface area contributed by atoms with Gasteiger partial charge >= 0.3 is 6.09 Å². The predicted molar refractivity (Wildman–Crippen MR) is 105 cm³/mol. The lowest BCUT2D eigenvalue weighted by atomic mass is 10.2. The van der Waals surface area contributed by atoms with Crippen molar-refractivity contribution in [3.8, 4) is 0 Å². The molecule has 1 aliphatic rings. The van der Waals surface area contributed by atoms with Gasteiger partial charge in [0.1, 0.15) is 11.4 Å². The number of ether oxygens (including phenoxy) is 1. The molecule has 27 heavy (non-hydrogen) atoms. The Hall–Kier alpha value is -2.77. The summed E-state index contributed by atoms with van der Waals surface area (Å²) in [6.45, 7) is 9.18. The van der Waals surface area contributed by atoms with Crippen molar-refractivity contribution in [2.24, 2.45) is 7.05 Å². The first-order chi connectivity index (χ1) is 12.8. The van der Waals surface area contributed by atoms with Gasteiger partial charge in [-0.3, -0.25) is 4.68 Å². The topological polar surface area (TPSA) is 75.5 Å². The van der Waals surface area contributed by atoms with Gasteiger partial charge in [0.05, 0.1) is 18.1 Å². The van der Waals surface area contributed by atoms with Gasteiger partial charge in [0, 0.05) is 51.5 Å². The number of carbonyl (C=O) groups excluding carboxylic acids is 1. The van der Waals surface area contributed by atoms with Crippen LogP contribution >= 0.6 is 0 Å². The highest BCUT2D eigenvalue weighted by Gasteiger charge is 2.25. The Balaban J connectivity index is 1.49. The first-order valence-corrected chi connectivity index (χ1v) is 9.20. The molecule has 0 unspecified atom stereocenters. The summed E-state index contributed by atoms with van der Waals surface area (Å²) in [5, 5.41) is 7.45. The van der Waals surface area contributed by atoms with E-state index in [1.807, 2.05) is 52.5 Å². The summed E-state index contributed by atoms with van der Waals surface area (Å²) >= 11 is 0. The summed E-state index contributed by atoms with van der Waals surface area (Å²) in [6.07, 6.45) is 5.45. The van der Waals surface area contributed by atoms with Gasteiger partial charge in [-0.05, 0) is 32.9 Å². The number of amides is 1. The van der Waals surface area contributed by atoms with Crippen molar-refractivity contribution in [2.75, 3.05) is 36.4 Å². The van der Waals surface area contributed by atoms with Gasteiger partial charge in [-0.2, -0.15) is 5.10 Å². The molecule has 1 amide bonds. The average molecular weight is 372 g/mol. The van der Waals surface area contributed by atoms with Crippen molar-refractivity contribution in [1.29, 1.82) is 0 Å². The second kappa shape index (κ2) is 7.85. The van der Waals surface area contributed by atoms with Crippen molar-refractivity contribution >= 4 is 17.6 Å². The third kappa shape index (κ3) is 5.35. The minimum Gasteiger partial charge on any atom is -0.444 e. The van der Waals surface area contributed by atoms with E-state index >= 15 is 0 Å². The standard InChI is InChI=1S/C19H28N6O2/c1-19(2,3)27-18(26)25-9-7-24(8-10-25)16-5-6-17(21-13-16)20-11-15-12-22-23(4)14-15/h5-6,12-14H,7-11H2,1-4H3,(H,20,21).